The molecule has 350 valence electrons. The van der Waals surface area contributed by atoms with Crippen molar-refractivity contribution in [3.05, 3.63) is 261 Å². The number of fused-ring (bicyclic) bond motifs is 9. The highest BCUT2D eigenvalue weighted by Crippen LogP contribution is 2.42. The molecule has 0 atom stereocenters. The highest BCUT2D eigenvalue weighted by molar-refractivity contribution is 7.25. The average Bonchev–Trinajstić information content (AvgIpc) is 4.22. The second-order valence-electron chi connectivity index (χ2n) is 19.2. The lowest BCUT2D eigenvalue weighted by molar-refractivity contribution is 1.07. The molecule has 0 aliphatic rings. The summed E-state index contributed by atoms with van der Waals surface area (Å²) in [5, 5.41) is 7.11. The summed E-state index contributed by atoms with van der Waals surface area (Å²) in [4.78, 5) is 15.9. The summed E-state index contributed by atoms with van der Waals surface area (Å²) in [6.45, 7) is 0. The Morgan fingerprint density at radius 1 is 0.253 bits per heavy atom. The van der Waals surface area contributed by atoms with Gasteiger partial charge in [-0.25, -0.2) is 15.0 Å². The Bertz CT molecular complexity index is 4680. The second kappa shape index (κ2) is 17.5. The first-order valence-electron chi connectivity index (χ1n) is 25.3. The fourth-order valence-corrected chi connectivity index (χ4v) is 12.3. The van der Waals surface area contributed by atoms with E-state index in [1.807, 2.05) is 11.3 Å². The van der Waals surface area contributed by atoms with Crippen molar-refractivity contribution in [3.63, 3.8) is 0 Å². The summed E-state index contributed by atoms with van der Waals surface area (Å²) in [7, 11) is 0. The molecule has 75 heavy (non-hydrogen) atoms. The molecule has 0 saturated heterocycles. The van der Waals surface area contributed by atoms with E-state index < -0.39 is 0 Å². The summed E-state index contributed by atoms with van der Waals surface area (Å²) >= 11 is 1.81. The molecule has 5 nitrogen and oxygen atoms in total. The minimum atomic E-state index is 0.616. The lowest BCUT2D eigenvalue weighted by Gasteiger charge is -2.15. The maximum Gasteiger partial charge on any atom is 0.164 e. The van der Waals surface area contributed by atoms with Gasteiger partial charge in [-0.3, -0.25) is 0 Å². The topological polar surface area (TPSA) is 48.5 Å². The third-order valence-corrected chi connectivity index (χ3v) is 15.9. The number of thiophene rings is 1. The highest BCUT2D eigenvalue weighted by atomic mass is 32.1. The standard InChI is InChI=1S/C69H43N5S/c1-3-15-44(16-4-1)46-29-31-47(32-30-46)48-33-35-49(36-34-48)67-70-68(72-69(71-67)52-38-40-65-59(43-52)56-23-9-12-28-64(56)75-65)51-37-39-62-58(42-51)55-22-8-11-26-61(55)74(62)63-27-14-24-57-54-21-7-10-25-60(54)73(66(57)63)53-20-13-19-50(41-53)45-17-5-2-6-18-45/h1-43H. The number of rotatable bonds is 8. The number of para-hydroxylation sites is 3. The van der Waals surface area contributed by atoms with Crippen molar-refractivity contribution in [3.8, 4) is 78.9 Å². The van der Waals surface area contributed by atoms with Crippen LogP contribution in [0.25, 0.3) is 143 Å². The molecule has 11 aromatic carbocycles. The zero-order valence-corrected chi connectivity index (χ0v) is 41.3. The van der Waals surface area contributed by atoms with Crippen LogP contribution in [0.5, 0.6) is 0 Å². The molecule has 0 bridgehead atoms. The molecule has 0 aliphatic carbocycles. The maximum atomic E-state index is 5.33. The Balaban J connectivity index is 0.890. The molecule has 6 heteroatoms. The number of hydrogen-bond acceptors (Lipinski definition) is 4. The van der Waals surface area contributed by atoms with E-state index >= 15 is 0 Å². The van der Waals surface area contributed by atoms with Crippen molar-refractivity contribution >= 4 is 75.1 Å². The summed E-state index contributed by atoms with van der Waals surface area (Å²) in [6.07, 6.45) is 0. The Kier molecular flexibility index (Phi) is 10.00. The number of aromatic nitrogens is 5. The van der Waals surface area contributed by atoms with Crippen LogP contribution in [0.2, 0.25) is 0 Å². The van der Waals surface area contributed by atoms with E-state index in [0.717, 1.165) is 72.0 Å². The highest BCUT2D eigenvalue weighted by Gasteiger charge is 2.22. The van der Waals surface area contributed by atoms with Crippen molar-refractivity contribution in [2.75, 3.05) is 0 Å². The summed E-state index contributed by atoms with van der Waals surface area (Å²) in [5.41, 5.74) is 16.5. The quantitative estimate of drug-likeness (QED) is 0.152. The fourth-order valence-electron chi connectivity index (χ4n) is 11.2. The van der Waals surface area contributed by atoms with Crippen molar-refractivity contribution in [1.29, 1.82) is 0 Å². The van der Waals surface area contributed by atoms with Crippen molar-refractivity contribution in [2.45, 2.75) is 0 Å². The maximum absolute atomic E-state index is 5.33. The third kappa shape index (κ3) is 7.25. The first kappa shape index (κ1) is 42.9. The minimum Gasteiger partial charge on any atom is -0.307 e. The van der Waals surface area contributed by atoms with Crippen LogP contribution < -0.4 is 0 Å². The van der Waals surface area contributed by atoms with E-state index in [1.165, 1.54) is 53.2 Å². The van der Waals surface area contributed by atoms with Gasteiger partial charge in [0.05, 0.1) is 27.8 Å². The number of nitrogens with zero attached hydrogens (tertiary/aromatic N) is 5. The predicted molar refractivity (Wildman–Crippen MR) is 314 cm³/mol. The van der Waals surface area contributed by atoms with Crippen LogP contribution in [-0.2, 0) is 0 Å². The lowest BCUT2D eigenvalue weighted by atomic mass is 9.99. The van der Waals surface area contributed by atoms with E-state index in [1.54, 1.807) is 0 Å². The summed E-state index contributed by atoms with van der Waals surface area (Å²) in [5.74, 6) is 1.87. The van der Waals surface area contributed by atoms with Gasteiger partial charge in [0.2, 0.25) is 0 Å². The lowest BCUT2D eigenvalue weighted by Crippen LogP contribution is -2.01. The van der Waals surface area contributed by atoms with E-state index in [9.17, 15) is 0 Å². The van der Waals surface area contributed by atoms with Gasteiger partial charge < -0.3 is 9.13 Å². The van der Waals surface area contributed by atoms with Gasteiger partial charge >= 0.3 is 0 Å². The molecule has 0 spiro atoms. The SMILES string of the molecule is c1ccc(-c2ccc(-c3ccc(-c4nc(-c5ccc6sc7ccccc7c6c5)nc(-c5ccc6c(c5)c5ccccc5n6-c5cccc6c7ccccc7n(-c7cccc(-c8ccccc8)c7)c56)n4)cc3)cc2)cc1. The molecule has 0 N–H and O–H groups in total. The van der Waals surface area contributed by atoms with E-state index in [2.05, 4.69) is 270 Å². The van der Waals surface area contributed by atoms with Gasteiger partial charge in [-0.15, -0.1) is 11.3 Å². The minimum absolute atomic E-state index is 0.616. The van der Waals surface area contributed by atoms with Crippen molar-refractivity contribution in [2.24, 2.45) is 0 Å². The summed E-state index contributed by atoms with van der Waals surface area (Å²) < 4.78 is 7.38. The predicted octanol–water partition coefficient (Wildman–Crippen LogP) is 18.4. The molecular weight excluding hydrogens is 931 g/mol. The van der Waals surface area contributed by atoms with Gasteiger partial charge in [0.1, 0.15) is 0 Å². The van der Waals surface area contributed by atoms with Gasteiger partial charge in [-0.2, -0.15) is 0 Å². The van der Waals surface area contributed by atoms with Gasteiger partial charge in [0, 0.05) is 64.1 Å². The van der Waals surface area contributed by atoms with Crippen molar-refractivity contribution in [1.82, 2.24) is 24.1 Å². The molecule has 4 aromatic heterocycles. The van der Waals surface area contributed by atoms with E-state index in [-0.39, 0.29) is 0 Å². The van der Waals surface area contributed by atoms with Gasteiger partial charge in [-0.05, 0) is 106 Å². The normalized spacial score (nSPS) is 11.7. The van der Waals surface area contributed by atoms with Crippen LogP contribution >= 0.6 is 11.3 Å². The van der Waals surface area contributed by atoms with Crippen LogP contribution in [0.3, 0.4) is 0 Å². The number of hydrogen-bond donors (Lipinski definition) is 0. The second-order valence-corrected chi connectivity index (χ2v) is 20.2. The largest absolute Gasteiger partial charge is 0.307 e. The first-order chi connectivity index (χ1) is 37.2. The zero-order chi connectivity index (χ0) is 49.4. The molecule has 4 heterocycles. The Morgan fingerprint density at radius 3 is 1.37 bits per heavy atom. The van der Waals surface area contributed by atoms with Crippen LogP contribution in [0.4, 0.5) is 0 Å². The van der Waals surface area contributed by atoms with E-state index in [4.69, 9.17) is 15.0 Å². The number of benzene rings is 11. The van der Waals surface area contributed by atoms with Crippen LogP contribution in [0, 0.1) is 0 Å². The average molecular weight is 974 g/mol. The molecule has 0 radical (unpaired) electrons. The molecule has 15 aromatic rings. The first-order valence-corrected chi connectivity index (χ1v) is 26.1. The van der Waals surface area contributed by atoms with Crippen LogP contribution in [0.15, 0.2) is 261 Å². The molecule has 15 rings (SSSR count). The molecule has 0 amide bonds. The summed E-state index contributed by atoms with van der Waals surface area (Å²) in [6, 6.07) is 93.6. The monoisotopic (exact) mass is 973 g/mol. The molecular formula is C69H43N5S. The van der Waals surface area contributed by atoms with Gasteiger partial charge in [0.25, 0.3) is 0 Å². The third-order valence-electron chi connectivity index (χ3n) is 14.8. The molecule has 0 saturated carbocycles. The molecule has 0 aliphatic heterocycles. The van der Waals surface area contributed by atoms with Gasteiger partial charge in [-0.1, -0.05) is 188 Å². The Labute approximate surface area is 436 Å². The van der Waals surface area contributed by atoms with Crippen LogP contribution in [-0.4, -0.2) is 24.1 Å². The van der Waals surface area contributed by atoms with E-state index in [0.29, 0.717) is 17.5 Å². The molecule has 0 unspecified atom stereocenters. The zero-order valence-electron chi connectivity index (χ0n) is 40.5. The van der Waals surface area contributed by atoms with Gasteiger partial charge in [0.15, 0.2) is 17.5 Å². The Morgan fingerprint density at radius 2 is 0.693 bits per heavy atom. The smallest absolute Gasteiger partial charge is 0.164 e. The van der Waals surface area contributed by atoms with Crippen molar-refractivity contribution < 1.29 is 0 Å². The Hall–Kier alpha value is -9.75. The fraction of sp³-hybridized carbons (Fsp3) is 0. The van der Waals surface area contributed by atoms with Crippen LogP contribution in [0.1, 0.15) is 0 Å². The molecule has 0 fully saturated rings.